The summed E-state index contributed by atoms with van der Waals surface area (Å²) in [5.74, 6) is 0. The molecule has 2 aromatic heterocycles. The molecule has 1 N–H and O–H groups in total. The minimum Gasteiger partial charge on any atom is -0.383 e. The standard InChI is InChI=1S/C9H7BrOS2/c10-7-2-4-13-9(7)8(11)6-1-3-12-5-6/h1-5,8,11H/t8-/m0/s1. The smallest absolute Gasteiger partial charge is 0.115 e. The SMILES string of the molecule is O[C@@H](c1ccsc1)c1sccc1Br. The van der Waals surface area contributed by atoms with Gasteiger partial charge in [0.05, 0.1) is 4.88 Å². The van der Waals surface area contributed by atoms with Crippen molar-refractivity contribution in [2.24, 2.45) is 0 Å². The zero-order chi connectivity index (χ0) is 9.26. The molecule has 0 amide bonds. The largest absolute Gasteiger partial charge is 0.383 e. The van der Waals surface area contributed by atoms with Gasteiger partial charge in [0, 0.05) is 4.47 Å². The molecule has 0 saturated carbocycles. The molecule has 13 heavy (non-hydrogen) atoms. The lowest BCUT2D eigenvalue weighted by atomic mass is 10.2. The molecule has 0 aromatic carbocycles. The Bertz CT molecular complexity index is 380. The summed E-state index contributed by atoms with van der Waals surface area (Å²) < 4.78 is 0.983. The second kappa shape index (κ2) is 3.92. The van der Waals surface area contributed by atoms with E-state index < -0.39 is 6.10 Å². The van der Waals surface area contributed by atoms with Gasteiger partial charge in [0.25, 0.3) is 0 Å². The van der Waals surface area contributed by atoms with Gasteiger partial charge in [0.15, 0.2) is 0 Å². The zero-order valence-corrected chi connectivity index (χ0v) is 9.82. The van der Waals surface area contributed by atoms with Crippen LogP contribution < -0.4 is 0 Å². The first kappa shape index (κ1) is 9.40. The third-order valence-electron chi connectivity index (χ3n) is 1.75. The summed E-state index contributed by atoms with van der Waals surface area (Å²) in [6, 6.07) is 3.90. The molecule has 0 saturated heterocycles. The molecule has 1 nitrogen and oxygen atoms in total. The summed E-state index contributed by atoms with van der Waals surface area (Å²) in [7, 11) is 0. The second-order valence-electron chi connectivity index (χ2n) is 2.59. The average Bonchev–Trinajstić information content (AvgIpc) is 2.72. The van der Waals surface area contributed by atoms with Gasteiger partial charge in [0.1, 0.15) is 6.10 Å². The first-order valence-corrected chi connectivity index (χ1v) is 6.33. The fraction of sp³-hybridized carbons (Fsp3) is 0.111. The van der Waals surface area contributed by atoms with Crippen molar-refractivity contribution in [1.82, 2.24) is 0 Å². The van der Waals surface area contributed by atoms with E-state index in [0.29, 0.717) is 0 Å². The van der Waals surface area contributed by atoms with E-state index in [-0.39, 0.29) is 0 Å². The highest BCUT2D eigenvalue weighted by Crippen LogP contribution is 2.33. The Balaban J connectivity index is 2.33. The summed E-state index contributed by atoms with van der Waals surface area (Å²) in [5, 5.41) is 15.8. The Hall–Kier alpha value is -0.160. The third-order valence-corrected chi connectivity index (χ3v) is 4.38. The first-order chi connectivity index (χ1) is 6.29. The highest BCUT2D eigenvalue weighted by atomic mass is 79.9. The summed E-state index contributed by atoms with van der Waals surface area (Å²) in [4.78, 5) is 0.971. The monoisotopic (exact) mass is 274 g/mol. The van der Waals surface area contributed by atoms with E-state index in [1.807, 2.05) is 28.3 Å². The molecule has 2 heterocycles. The van der Waals surface area contributed by atoms with Gasteiger partial charge in [-0.2, -0.15) is 11.3 Å². The highest BCUT2D eigenvalue weighted by molar-refractivity contribution is 9.10. The number of rotatable bonds is 2. The van der Waals surface area contributed by atoms with E-state index in [1.54, 1.807) is 22.7 Å². The van der Waals surface area contributed by atoms with Gasteiger partial charge in [-0.25, -0.2) is 0 Å². The van der Waals surface area contributed by atoms with Crippen LogP contribution in [0.15, 0.2) is 32.7 Å². The van der Waals surface area contributed by atoms with Crippen LogP contribution >= 0.6 is 38.6 Å². The average molecular weight is 275 g/mol. The van der Waals surface area contributed by atoms with Crippen molar-refractivity contribution in [3.63, 3.8) is 0 Å². The number of hydrogen-bond donors (Lipinski definition) is 1. The van der Waals surface area contributed by atoms with Gasteiger partial charge in [-0.05, 0) is 49.8 Å². The van der Waals surface area contributed by atoms with Gasteiger partial charge in [0.2, 0.25) is 0 Å². The molecule has 0 aliphatic rings. The topological polar surface area (TPSA) is 20.2 Å². The number of halogens is 1. The number of aliphatic hydroxyl groups is 1. The minimum absolute atomic E-state index is 0.486. The molecule has 0 aliphatic heterocycles. The van der Waals surface area contributed by atoms with E-state index in [1.165, 1.54) is 0 Å². The van der Waals surface area contributed by atoms with Gasteiger partial charge in [-0.3, -0.25) is 0 Å². The van der Waals surface area contributed by atoms with Gasteiger partial charge in [-0.1, -0.05) is 0 Å². The lowest BCUT2D eigenvalue weighted by Crippen LogP contribution is -1.94. The molecule has 0 unspecified atom stereocenters. The number of aliphatic hydroxyl groups excluding tert-OH is 1. The fourth-order valence-corrected chi connectivity index (χ4v) is 3.36. The maximum Gasteiger partial charge on any atom is 0.115 e. The van der Waals surface area contributed by atoms with E-state index in [0.717, 1.165) is 14.9 Å². The third kappa shape index (κ3) is 1.86. The Morgan fingerprint density at radius 1 is 1.31 bits per heavy atom. The van der Waals surface area contributed by atoms with Crippen LogP contribution in [0.1, 0.15) is 16.5 Å². The van der Waals surface area contributed by atoms with E-state index in [9.17, 15) is 5.11 Å². The molecule has 0 bridgehead atoms. The molecule has 4 heteroatoms. The lowest BCUT2D eigenvalue weighted by molar-refractivity contribution is 0.224. The van der Waals surface area contributed by atoms with Gasteiger partial charge >= 0.3 is 0 Å². The molecule has 0 spiro atoms. The molecular formula is C9H7BrOS2. The van der Waals surface area contributed by atoms with Crippen molar-refractivity contribution in [1.29, 1.82) is 0 Å². The Kier molecular flexibility index (Phi) is 2.83. The van der Waals surface area contributed by atoms with Crippen molar-refractivity contribution < 1.29 is 5.11 Å². The van der Waals surface area contributed by atoms with Crippen molar-refractivity contribution in [2.45, 2.75) is 6.10 Å². The minimum atomic E-state index is -0.486. The van der Waals surface area contributed by atoms with Crippen molar-refractivity contribution >= 4 is 38.6 Å². The first-order valence-electron chi connectivity index (χ1n) is 3.72. The maximum absolute atomic E-state index is 9.94. The van der Waals surface area contributed by atoms with Crippen LogP contribution in [0.2, 0.25) is 0 Å². The maximum atomic E-state index is 9.94. The molecule has 68 valence electrons. The Morgan fingerprint density at radius 3 is 2.69 bits per heavy atom. The van der Waals surface area contributed by atoms with E-state index in [2.05, 4.69) is 15.9 Å². The summed E-state index contributed by atoms with van der Waals surface area (Å²) >= 11 is 6.57. The highest BCUT2D eigenvalue weighted by Gasteiger charge is 2.14. The zero-order valence-electron chi connectivity index (χ0n) is 6.61. The van der Waals surface area contributed by atoms with Crippen LogP contribution in [0.25, 0.3) is 0 Å². The van der Waals surface area contributed by atoms with Crippen molar-refractivity contribution in [2.75, 3.05) is 0 Å². The van der Waals surface area contributed by atoms with Gasteiger partial charge in [-0.15, -0.1) is 11.3 Å². The second-order valence-corrected chi connectivity index (χ2v) is 5.17. The van der Waals surface area contributed by atoms with E-state index in [4.69, 9.17) is 0 Å². The molecule has 2 aromatic rings. The van der Waals surface area contributed by atoms with Crippen molar-refractivity contribution in [3.05, 3.63) is 43.2 Å². The van der Waals surface area contributed by atoms with Gasteiger partial charge < -0.3 is 5.11 Å². The molecule has 0 radical (unpaired) electrons. The fourth-order valence-electron chi connectivity index (χ4n) is 1.08. The molecule has 0 aliphatic carbocycles. The Labute approximate surface area is 92.8 Å². The molecule has 2 rings (SSSR count). The summed E-state index contributed by atoms with van der Waals surface area (Å²) in [5.41, 5.74) is 0.966. The van der Waals surface area contributed by atoms with Crippen LogP contribution in [0.3, 0.4) is 0 Å². The lowest BCUT2D eigenvalue weighted by Gasteiger charge is -2.06. The van der Waals surface area contributed by atoms with Crippen molar-refractivity contribution in [3.8, 4) is 0 Å². The van der Waals surface area contributed by atoms with Crippen LogP contribution in [-0.4, -0.2) is 5.11 Å². The normalized spacial score (nSPS) is 13.1. The predicted molar refractivity (Wildman–Crippen MR) is 60.4 cm³/mol. The van der Waals surface area contributed by atoms with Crippen LogP contribution in [0.5, 0.6) is 0 Å². The van der Waals surface area contributed by atoms with Crippen LogP contribution in [0.4, 0.5) is 0 Å². The van der Waals surface area contributed by atoms with E-state index >= 15 is 0 Å². The number of hydrogen-bond acceptors (Lipinski definition) is 3. The Morgan fingerprint density at radius 2 is 2.15 bits per heavy atom. The number of thiophene rings is 2. The molecule has 1 atom stereocenters. The summed E-state index contributed by atoms with van der Waals surface area (Å²) in [6.07, 6.45) is -0.486. The summed E-state index contributed by atoms with van der Waals surface area (Å²) in [6.45, 7) is 0. The van der Waals surface area contributed by atoms with Crippen LogP contribution in [-0.2, 0) is 0 Å². The molecule has 0 fully saturated rings. The van der Waals surface area contributed by atoms with Crippen LogP contribution in [0, 0.1) is 0 Å². The molecular weight excluding hydrogens is 268 g/mol. The quantitative estimate of drug-likeness (QED) is 0.887. The predicted octanol–water partition coefficient (Wildman–Crippen LogP) is 3.65.